The molecule has 0 spiro atoms. The number of aromatic nitrogens is 3. The summed E-state index contributed by atoms with van der Waals surface area (Å²) in [6, 6.07) is 17.0. The van der Waals surface area contributed by atoms with Gasteiger partial charge in [0.2, 0.25) is 12.7 Å². The van der Waals surface area contributed by atoms with Crippen LogP contribution in [0.25, 0.3) is 33.1 Å². The Hall–Kier alpha value is -4.31. The number of carboxylic acid groups (broad SMARTS) is 1. The van der Waals surface area contributed by atoms with Crippen molar-refractivity contribution in [2.45, 2.75) is 13.5 Å². The summed E-state index contributed by atoms with van der Waals surface area (Å²) in [7, 11) is 0. The lowest BCUT2D eigenvalue weighted by molar-refractivity contribution is 0.141. The summed E-state index contributed by atoms with van der Waals surface area (Å²) >= 11 is 1.13. The smallest absolute Gasteiger partial charge is 0.494 e. The highest BCUT2D eigenvalue weighted by Crippen LogP contribution is 2.43. The Balaban J connectivity index is 1.58. The molecule has 3 heterocycles. The highest BCUT2D eigenvalue weighted by Gasteiger charge is 2.24. The third-order valence-corrected chi connectivity index (χ3v) is 6.36. The molecule has 0 saturated heterocycles. The monoisotopic (exact) mass is 489 g/mol. The van der Waals surface area contributed by atoms with Crippen molar-refractivity contribution < 1.29 is 28.8 Å². The second-order valence-electron chi connectivity index (χ2n) is 7.90. The zero-order chi connectivity index (χ0) is 23.9. The molecular formula is C25H19N3O6S. The number of ether oxygens (including phenoxy) is 4. The largest absolute Gasteiger partial charge is 0.512 e. The van der Waals surface area contributed by atoms with Crippen molar-refractivity contribution in [2.75, 3.05) is 13.4 Å². The normalized spacial score (nSPS) is 12.4. The average Bonchev–Trinajstić information content (AvgIpc) is 3.56. The molecule has 0 aliphatic carbocycles. The van der Waals surface area contributed by atoms with Gasteiger partial charge in [0.05, 0.1) is 36.0 Å². The lowest BCUT2D eigenvalue weighted by Gasteiger charge is -2.12. The zero-order valence-electron chi connectivity index (χ0n) is 18.6. The van der Waals surface area contributed by atoms with Crippen molar-refractivity contribution in [2.24, 2.45) is 0 Å². The summed E-state index contributed by atoms with van der Waals surface area (Å²) in [5.74, 6) is 2.22. The maximum Gasteiger partial charge on any atom is 0.512 e. The molecule has 1 N–H and O–H groups in total. The molecule has 0 amide bonds. The number of carbonyl (C=O) groups is 1. The van der Waals surface area contributed by atoms with Crippen LogP contribution in [0, 0.1) is 0 Å². The number of fused-ring (bicyclic) bond motifs is 3. The lowest BCUT2D eigenvalue weighted by atomic mass is 10.0. The summed E-state index contributed by atoms with van der Waals surface area (Å²) in [6.07, 6.45) is -1.40. The molecule has 176 valence electrons. The van der Waals surface area contributed by atoms with Gasteiger partial charge in [-0.25, -0.2) is 4.79 Å². The van der Waals surface area contributed by atoms with E-state index in [1.165, 1.54) is 0 Å². The Kier molecular flexibility index (Phi) is 5.14. The SMILES string of the molecule is CCOc1ccc2c(c1)c(-c1ccc3nsnc3c1)c(OC(=O)O)n2Cc1ccc2c(c1)OCO2. The summed E-state index contributed by atoms with van der Waals surface area (Å²) in [4.78, 5) is 11.8. The number of rotatable bonds is 6. The predicted molar refractivity (Wildman–Crippen MR) is 130 cm³/mol. The topological polar surface area (TPSA) is 105 Å². The van der Waals surface area contributed by atoms with Crippen LogP contribution in [0.3, 0.4) is 0 Å². The Morgan fingerprint density at radius 2 is 1.91 bits per heavy atom. The molecule has 2 aromatic heterocycles. The van der Waals surface area contributed by atoms with E-state index in [-0.39, 0.29) is 12.7 Å². The van der Waals surface area contributed by atoms with Crippen LogP contribution in [0.4, 0.5) is 4.79 Å². The van der Waals surface area contributed by atoms with Crippen molar-refractivity contribution in [3.8, 4) is 34.3 Å². The Bertz CT molecular complexity index is 1590. The fourth-order valence-electron chi connectivity index (χ4n) is 4.35. The molecule has 35 heavy (non-hydrogen) atoms. The van der Waals surface area contributed by atoms with E-state index in [9.17, 15) is 9.90 Å². The third-order valence-electron chi connectivity index (χ3n) is 5.80. The van der Waals surface area contributed by atoms with E-state index in [1.54, 1.807) is 0 Å². The van der Waals surface area contributed by atoms with Gasteiger partial charge in [-0.2, -0.15) is 8.75 Å². The van der Waals surface area contributed by atoms with Crippen LogP contribution in [0.1, 0.15) is 12.5 Å². The first kappa shape index (κ1) is 21.2. The maximum absolute atomic E-state index is 11.8. The maximum atomic E-state index is 11.8. The zero-order valence-corrected chi connectivity index (χ0v) is 19.4. The number of benzene rings is 3. The molecule has 1 aliphatic heterocycles. The van der Waals surface area contributed by atoms with Gasteiger partial charge < -0.3 is 28.6 Å². The van der Waals surface area contributed by atoms with Crippen LogP contribution in [0.15, 0.2) is 54.6 Å². The van der Waals surface area contributed by atoms with Gasteiger partial charge in [0.25, 0.3) is 0 Å². The summed E-state index contributed by atoms with van der Waals surface area (Å²) < 4.78 is 32.6. The van der Waals surface area contributed by atoms with Gasteiger partial charge in [0.15, 0.2) is 11.5 Å². The first-order valence-electron chi connectivity index (χ1n) is 10.9. The molecule has 0 atom stereocenters. The fourth-order valence-corrected chi connectivity index (χ4v) is 4.87. The first-order valence-corrected chi connectivity index (χ1v) is 11.6. The molecule has 0 saturated carbocycles. The quantitative estimate of drug-likeness (QED) is 0.310. The molecule has 9 nitrogen and oxygen atoms in total. The van der Waals surface area contributed by atoms with Gasteiger partial charge in [0, 0.05) is 5.39 Å². The minimum absolute atomic E-state index is 0.177. The molecule has 6 rings (SSSR count). The van der Waals surface area contributed by atoms with Crippen molar-refractivity contribution in [1.29, 1.82) is 0 Å². The van der Waals surface area contributed by atoms with Gasteiger partial charge in [-0.05, 0) is 60.5 Å². The van der Waals surface area contributed by atoms with Crippen LogP contribution in [0.5, 0.6) is 23.1 Å². The van der Waals surface area contributed by atoms with Gasteiger partial charge in [-0.15, -0.1) is 0 Å². The van der Waals surface area contributed by atoms with Crippen molar-refractivity contribution in [3.63, 3.8) is 0 Å². The highest BCUT2D eigenvalue weighted by molar-refractivity contribution is 7.00. The van der Waals surface area contributed by atoms with Crippen LogP contribution in [0.2, 0.25) is 0 Å². The standard InChI is InChI=1S/C25H19N3O6S/c1-2-31-16-5-7-20-17(11-16)23(15-4-6-18-19(10-15)27-35-26-18)24(34-25(29)30)28(20)12-14-3-8-21-22(9-14)33-13-32-21/h3-11H,2,12-13H2,1H3,(H,29,30). The Morgan fingerprint density at radius 3 is 2.77 bits per heavy atom. The van der Waals surface area contributed by atoms with Crippen molar-refractivity contribution in [1.82, 2.24) is 13.3 Å². The third kappa shape index (κ3) is 3.77. The number of hydrogen-bond acceptors (Lipinski definition) is 8. The van der Waals surface area contributed by atoms with E-state index in [0.717, 1.165) is 44.8 Å². The second-order valence-corrected chi connectivity index (χ2v) is 8.43. The van der Waals surface area contributed by atoms with E-state index in [0.29, 0.717) is 36.0 Å². The van der Waals surface area contributed by atoms with Crippen LogP contribution >= 0.6 is 11.7 Å². The van der Waals surface area contributed by atoms with Crippen molar-refractivity contribution >= 4 is 39.8 Å². The molecule has 3 aromatic carbocycles. The summed E-state index contributed by atoms with van der Waals surface area (Å²) in [5.41, 5.74) is 4.61. The predicted octanol–water partition coefficient (Wildman–Crippen LogP) is 5.55. The van der Waals surface area contributed by atoms with E-state index in [2.05, 4.69) is 8.75 Å². The van der Waals surface area contributed by atoms with Gasteiger partial charge in [-0.1, -0.05) is 12.1 Å². The minimum Gasteiger partial charge on any atom is -0.494 e. The molecule has 0 radical (unpaired) electrons. The average molecular weight is 490 g/mol. The second kappa shape index (κ2) is 8.48. The molecule has 10 heteroatoms. The van der Waals surface area contributed by atoms with Gasteiger partial charge >= 0.3 is 6.16 Å². The molecule has 1 aliphatic rings. The molecule has 0 unspecified atom stereocenters. The fraction of sp³-hybridized carbons (Fsp3) is 0.160. The van der Waals surface area contributed by atoms with E-state index in [1.807, 2.05) is 66.1 Å². The molecule has 0 bridgehead atoms. The Morgan fingerprint density at radius 1 is 1.06 bits per heavy atom. The first-order chi connectivity index (χ1) is 17.1. The van der Waals surface area contributed by atoms with E-state index in [4.69, 9.17) is 18.9 Å². The van der Waals surface area contributed by atoms with Crippen LogP contribution < -0.4 is 18.9 Å². The molecule has 0 fully saturated rings. The van der Waals surface area contributed by atoms with Crippen LogP contribution in [-0.4, -0.2) is 38.0 Å². The number of hydrogen-bond donors (Lipinski definition) is 1. The van der Waals surface area contributed by atoms with E-state index < -0.39 is 6.16 Å². The molecule has 5 aromatic rings. The Labute approximate surface area is 203 Å². The van der Waals surface area contributed by atoms with Crippen LogP contribution in [-0.2, 0) is 6.54 Å². The number of nitrogens with zero attached hydrogens (tertiary/aromatic N) is 3. The van der Waals surface area contributed by atoms with Gasteiger partial charge in [0.1, 0.15) is 16.8 Å². The molecular weight excluding hydrogens is 470 g/mol. The van der Waals surface area contributed by atoms with Gasteiger partial charge in [-0.3, -0.25) is 0 Å². The minimum atomic E-state index is -1.40. The summed E-state index contributed by atoms with van der Waals surface area (Å²) in [6.45, 7) is 2.95. The lowest BCUT2D eigenvalue weighted by Crippen LogP contribution is -2.10. The van der Waals surface area contributed by atoms with E-state index >= 15 is 0 Å². The summed E-state index contributed by atoms with van der Waals surface area (Å²) in [5, 5.41) is 10.4. The highest BCUT2D eigenvalue weighted by atomic mass is 32.1. The van der Waals surface area contributed by atoms with Crippen molar-refractivity contribution in [3.05, 3.63) is 60.2 Å².